The van der Waals surface area contributed by atoms with Crippen LogP contribution < -0.4 is 19.7 Å². The molecule has 0 radical (unpaired) electrons. The number of carbonyl (C=O) groups excluding carboxylic acids is 1. The maximum absolute atomic E-state index is 17.5. The van der Waals surface area contributed by atoms with Crippen molar-refractivity contribution in [2.75, 3.05) is 36.5 Å². The Balaban J connectivity index is 1.32. The highest BCUT2D eigenvalue weighted by molar-refractivity contribution is 7.23. The van der Waals surface area contributed by atoms with Crippen LogP contribution in [0.25, 0.3) is 32.1 Å². The number of nitrogens with zero attached hydrogens (tertiary/aromatic N) is 5. The number of alkyl halides is 1. The van der Waals surface area contributed by atoms with Crippen LogP contribution >= 0.6 is 22.9 Å². The maximum atomic E-state index is 17.5. The number of hydrogen-bond donors (Lipinski definition) is 1. The van der Waals surface area contributed by atoms with Crippen molar-refractivity contribution in [3.8, 4) is 29.0 Å². The van der Waals surface area contributed by atoms with E-state index in [2.05, 4.69) is 32.7 Å². The van der Waals surface area contributed by atoms with Gasteiger partial charge in [0.2, 0.25) is 0 Å². The van der Waals surface area contributed by atoms with Crippen molar-refractivity contribution >= 4 is 60.8 Å². The number of thiophene rings is 1. The van der Waals surface area contributed by atoms with Crippen LogP contribution in [0, 0.1) is 23.0 Å². The highest BCUT2D eigenvalue weighted by Crippen LogP contribution is 2.52. The molecule has 1 amide bonds. The second kappa shape index (κ2) is 13.2. The number of hydrogen-bond acceptors (Lipinski definition) is 10. The molecule has 3 atom stereocenters. The van der Waals surface area contributed by atoms with Gasteiger partial charge in [-0.1, -0.05) is 23.7 Å². The van der Waals surface area contributed by atoms with E-state index in [1.54, 1.807) is 26.8 Å². The van der Waals surface area contributed by atoms with E-state index in [1.807, 2.05) is 0 Å². The molecule has 0 bridgehead atoms. The Hall–Kier alpha value is -4.32. The molecule has 3 aliphatic heterocycles. The van der Waals surface area contributed by atoms with Gasteiger partial charge in [-0.3, -0.25) is 10.2 Å². The van der Waals surface area contributed by atoms with Crippen LogP contribution in [0.1, 0.15) is 64.9 Å². The van der Waals surface area contributed by atoms with Crippen molar-refractivity contribution in [2.45, 2.75) is 88.7 Å². The van der Waals surface area contributed by atoms with Gasteiger partial charge in [0, 0.05) is 30.0 Å². The summed E-state index contributed by atoms with van der Waals surface area (Å²) < 4.78 is 65.7. The Morgan fingerprint density at radius 2 is 2.06 bits per heavy atom. The number of benzene rings is 2. The predicted octanol–water partition coefficient (Wildman–Crippen LogP) is 8.92. The summed E-state index contributed by atoms with van der Waals surface area (Å²) in [5, 5.41) is 13.1. The first kappa shape index (κ1) is 35.7. The van der Waals surface area contributed by atoms with Crippen molar-refractivity contribution in [1.29, 1.82) is 5.26 Å². The Bertz CT molecular complexity index is 2220. The lowest BCUT2D eigenvalue weighted by atomic mass is 9.90. The average molecular weight is 767 g/mol. The summed E-state index contributed by atoms with van der Waals surface area (Å²) in [4.78, 5) is 26.4. The summed E-state index contributed by atoms with van der Waals surface area (Å²) in [5.41, 5.74) is -1.64. The molecule has 5 heterocycles. The number of nitriles is 1. The van der Waals surface area contributed by atoms with Crippen molar-refractivity contribution in [3.05, 3.63) is 47.0 Å². The van der Waals surface area contributed by atoms with Gasteiger partial charge >= 0.3 is 12.1 Å². The summed E-state index contributed by atoms with van der Waals surface area (Å²) in [6.45, 7) is 10.5. The Morgan fingerprint density at radius 3 is 2.75 bits per heavy atom. The molecule has 1 saturated carbocycles. The molecule has 1 aliphatic carbocycles. The number of ether oxygens (including phenoxy) is 3. The number of halogens is 4. The molecule has 8 rings (SSSR count). The summed E-state index contributed by atoms with van der Waals surface area (Å²) in [6.07, 6.45) is 4.75. The van der Waals surface area contributed by atoms with Crippen LogP contribution in [0.2, 0.25) is 5.02 Å². The number of nitrogens with one attached hydrogen (secondary N) is 1. The molecule has 4 aliphatic rings. The highest BCUT2D eigenvalue weighted by atomic mass is 35.5. The standard InChI is InChI=1S/C38H38ClF3N6O4S/c1-5-20-17-50-31-27-30(44-35(45-33(27)48(20)21-8-6-9-21)51-18-38-12-7-13-47(38)16-19(40)14-38)29(42)26(28(31)39)22-10-11-24(41)32-25(22)23(15-43)34(53-32)46-36(49)52-37(2,3)4/h5,10-11,19-21H,1,6-9,12-14,16-18H2,2-4H3,(H,46,49)/t19-,20+,38+/m1/s1. The lowest BCUT2D eigenvalue weighted by Gasteiger charge is -2.41. The first-order chi connectivity index (χ1) is 25.3. The first-order valence-electron chi connectivity index (χ1n) is 17.8. The zero-order valence-corrected chi connectivity index (χ0v) is 31.1. The van der Waals surface area contributed by atoms with Crippen LogP contribution in [-0.2, 0) is 4.74 Å². The van der Waals surface area contributed by atoms with E-state index in [-0.39, 0.29) is 84.8 Å². The Kier molecular flexibility index (Phi) is 8.90. The molecular formula is C38H38ClF3N6O4S. The van der Waals surface area contributed by atoms with Gasteiger partial charge in [-0.25, -0.2) is 18.0 Å². The molecule has 2 aromatic heterocycles. The third kappa shape index (κ3) is 6.01. The molecular weight excluding hydrogens is 729 g/mol. The van der Waals surface area contributed by atoms with Gasteiger partial charge in [0.05, 0.1) is 32.3 Å². The minimum atomic E-state index is -0.965. The van der Waals surface area contributed by atoms with Gasteiger partial charge in [-0.2, -0.15) is 15.2 Å². The van der Waals surface area contributed by atoms with Crippen LogP contribution in [0.5, 0.6) is 11.8 Å². The zero-order chi connectivity index (χ0) is 37.4. The summed E-state index contributed by atoms with van der Waals surface area (Å²) in [7, 11) is 0. The monoisotopic (exact) mass is 766 g/mol. The van der Waals surface area contributed by atoms with E-state index in [9.17, 15) is 14.4 Å². The molecule has 278 valence electrons. The van der Waals surface area contributed by atoms with Crippen LogP contribution in [0.15, 0.2) is 24.8 Å². The quantitative estimate of drug-likeness (QED) is 0.184. The molecule has 2 saturated heterocycles. The second-order valence-electron chi connectivity index (χ2n) is 15.2. The minimum Gasteiger partial charge on any atom is -0.489 e. The number of fused-ring (bicyclic) bond motifs is 2. The predicted molar refractivity (Wildman–Crippen MR) is 198 cm³/mol. The fraction of sp³-hybridized carbons (Fsp3) is 0.474. The molecule has 10 nitrogen and oxygen atoms in total. The Labute approximate surface area is 313 Å². The van der Waals surface area contributed by atoms with Gasteiger partial charge in [-0.05, 0) is 71.0 Å². The highest BCUT2D eigenvalue weighted by Gasteiger charge is 2.49. The zero-order valence-electron chi connectivity index (χ0n) is 29.5. The largest absolute Gasteiger partial charge is 0.489 e. The SMILES string of the molecule is C=C[C@H]1COc2c(Cl)c(-c3ccc(F)c4sc(NC(=O)OC(C)(C)C)c(C#N)c34)c(F)c3nc(OC[C@@]45CCCN4C[C@H](F)C5)nc(c23)N1C1CCC1. The van der Waals surface area contributed by atoms with E-state index in [1.165, 1.54) is 6.07 Å². The maximum Gasteiger partial charge on any atom is 0.412 e. The van der Waals surface area contributed by atoms with Crippen molar-refractivity contribution in [3.63, 3.8) is 0 Å². The number of rotatable bonds is 7. The summed E-state index contributed by atoms with van der Waals surface area (Å²) in [6, 6.07) is 4.20. The van der Waals surface area contributed by atoms with Gasteiger partial charge in [0.15, 0.2) is 11.6 Å². The second-order valence-corrected chi connectivity index (χ2v) is 16.6. The van der Waals surface area contributed by atoms with Crippen molar-refractivity contribution in [1.82, 2.24) is 14.9 Å². The van der Waals surface area contributed by atoms with Gasteiger partial charge < -0.3 is 19.1 Å². The van der Waals surface area contributed by atoms with Crippen LogP contribution in [0.3, 0.4) is 0 Å². The minimum absolute atomic E-state index is 0.00541. The molecule has 0 spiro atoms. The van der Waals surface area contributed by atoms with Gasteiger partial charge in [0.1, 0.15) is 53.2 Å². The van der Waals surface area contributed by atoms with Gasteiger partial charge in [0.25, 0.3) is 0 Å². The number of carbonyl (C=O) groups is 1. The summed E-state index contributed by atoms with van der Waals surface area (Å²) in [5.74, 6) is -1.02. The van der Waals surface area contributed by atoms with Gasteiger partial charge in [-0.15, -0.1) is 17.9 Å². The smallest absolute Gasteiger partial charge is 0.412 e. The lowest BCUT2D eigenvalue weighted by molar-refractivity contribution is 0.0636. The first-order valence-corrected chi connectivity index (χ1v) is 19.0. The van der Waals surface area contributed by atoms with E-state index < -0.39 is 35.0 Å². The van der Waals surface area contributed by atoms with E-state index in [0.29, 0.717) is 18.8 Å². The third-order valence-electron chi connectivity index (χ3n) is 10.7. The fourth-order valence-corrected chi connectivity index (χ4v) is 9.58. The number of anilines is 2. The fourth-order valence-electron chi connectivity index (χ4n) is 8.17. The van der Waals surface area contributed by atoms with Crippen LogP contribution in [0.4, 0.5) is 28.8 Å². The molecule has 2 aromatic carbocycles. The van der Waals surface area contributed by atoms with Crippen molar-refractivity contribution in [2.24, 2.45) is 0 Å². The van der Waals surface area contributed by atoms with Crippen LogP contribution in [-0.4, -0.2) is 76.7 Å². The molecule has 4 aromatic rings. The van der Waals surface area contributed by atoms with E-state index >= 15 is 8.78 Å². The molecule has 15 heteroatoms. The number of aromatic nitrogens is 2. The van der Waals surface area contributed by atoms with E-state index in [4.69, 9.17) is 30.8 Å². The normalized spacial score (nSPS) is 22.9. The molecule has 1 N–H and O–H groups in total. The number of amides is 1. The average Bonchev–Trinajstić information content (AvgIpc) is 3.70. The Morgan fingerprint density at radius 1 is 1.26 bits per heavy atom. The van der Waals surface area contributed by atoms with Crippen molar-refractivity contribution < 1.29 is 32.2 Å². The topological polar surface area (TPSA) is 113 Å². The lowest BCUT2D eigenvalue weighted by Crippen LogP contribution is -2.48. The summed E-state index contributed by atoms with van der Waals surface area (Å²) >= 11 is 7.96. The molecule has 53 heavy (non-hydrogen) atoms. The third-order valence-corrected chi connectivity index (χ3v) is 12.2. The van der Waals surface area contributed by atoms with E-state index in [0.717, 1.165) is 56.1 Å². The molecule has 3 fully saturated rings. The molecule has 0 unspecified atom stereocenters.